The molecule has 0 aliphatic rings. The standard InChI is InChI=1S/C13H15IN2O4/c1-15-11(17)7-16(2)12(18)8-20-13(19)9-4-3-5-10(14)6-9/h3-6H,7-8H2,1-2H3,(H,15,17). The average molecular weight is 390 g/mol. The molecule has 2 amide bonds. The average Bonchev–Trinajstić information content (AvgIpc) is 2.43. The molecular weight excluding hydrogens is 375 g/mol. The van der Waals surface area contributed by atoms with Crippen molar-refractivity contribution in [1.29, 1.82) is 0 Å². The highest BCUT2D eigenvalue weighted by molar-refractivity contribution is 14.1. The highest BCUT2D eigenvalue weighted by Crippen LogP contribution is 2.08. The number of nitrogens with one attached hydrogen (secondary N) is 1. The number of hydrogen-bond acceptors (Lipinski definition) is 4. The molecular formula is C13H15IN2O4. The summed E-state index contributed by atoms with van der Waals surface area (Å²) in [5.41, 5.74) is 0.388. The predicted molar refractivity (Wildman–Crippen MR) is 81.1 cm³/mol. The van der Waals surface area contributed by atoms with Gasteiger partial charge in [-0.1, -0.05) is 6.07 Å². The van der Waals surface area contributed by atoms with Crippen molar-refractivity contribution in [3.8, 4) is 0 Å². The van der Waals surface area contributed by atoms with Crippen molar-refractivity contribution < 1.29 is 19.1 Å². The molecule has 0 saturated heterocycles. The van der Waals surface area contributed by atoms with E-state index in [4.69, 9.17) is 4.74 Å². The van der Waals surface area contributed by atoms with Crippen LogP contribution in [-0.4, -0.2) is 49.9 Å². The number of rotatable bonds is 5. The molecule has 7 heteroatoms. The third-order valence-corrected chi connectivity index (χ3v) is 3.14. The Labute approximate surface area is 130 Å². The summed E-state index contributed by atoms with van der Waals surface area (Å²) in [5, 5.41) is 2.41. The first-order chi connectivity index (χ1) is 9.43. The number of likely N-dealkylation sites (N-methyl/N-ethyl adjacent to an activating group) is 2. The van der Waals surface area contributed by atoms with Crippen molar-refractivity contribution >= 4 is 40.4 Å². The van der Waals surface area contributed by atoms with Gasteiger partial charge in [-0.25, -0.2) is 4.79 Å². The molecule has 0 saturated carbocycles. The number of carbonyl (C=O) groups is 3. The Balaban J connectivity index is 2.48. The number of hydrogen-bond donors (Lipinski definition) is 1. The second-order valence-electron chi connectivity index (χ2n) is 4.01. The number of nitrogens with zero attached hydrogens (tertiary/aromatic N) is 1. The first kappa shape index (κ1) is 16.4. The van der Waals surface area contributed by atoms with Crippen LogP contribution in [0.4, 0.5) is 0 Å². The Kier molecular flexibility index (Phi) is 6.43. The van der Waals surface area contributed by atoms with Crippen LogP contribution in [0.2, 0.25) is 0 Å². The number of esters is 1. The van der Waals surface area contributed by atoms with Crippen LogP contribution in [0.5, 0.6) is 0 Å². The van der Waals surface area contributed by atoms with E-state index in [0.717, 1.165) is 3.57 Å². The fourth-order valence-corrected chi connectivity index (χ4v) is 1.86. The second-order valence-corrected chi connectivity index (χ2v) is 5.26. The molecule has 20 heavy (non-hydrogen) atoms. The Bertz CT molecular complexity index is 519. The normalized spacial score (nSPS) is 9.75. The van der Waals surface area contributed by atoms with Crippen molar-refractivity contribution in [3.63, 3.8) is 0 Å². The summed E-state index contributed by atoms with van der Waals surface area (Å²) < 4.78 is 5.82. The molecule has 0 atom stereocenters. The zero-order chi connectivity index (χ0) is 15.1. The van der Waals surface area contributed by atoms with Crippen LogP contribution in [0.3, 0.4) is 0 Å². The zero-order valence-corrected chi connectivity index (χ0v) is 13.3. The molecule has 0 spiro atoms. The smallest absolute Gasteiger partial charge is 0.338 e. The molecule has 0 radical (unpaired) electrons. The van der Waals surface area contributed by atoms with Gasteiger partial charge in [0.2, 0.25) is 5.91 Å². The van der Waals surface area contributed by atoms with Crippen LogP contribution in [0.1, 0.15) is 10.4 Å². The summed E-state index contributed by atoms with van der Waals surface area (Å²) in [7, 11) is 2.95. The van der Waals surface area contributed by atoms with Gasteiger partial charge in [-0.2, -0.15) is 0 Å². The van der Waals surface area contributed by atoms with Gasteiger partial charge < -0.3 is 15.0 Å². The van der Waals surface area contributed by atoms with Gasteiger partial charge in [0.05, 0.1) is 12.1 Å². The number of carbonyl (C=O) groups excluding carboxylic acids is 3. The molecule has 1 N–H and O–H groups in total. The van der Waals surface area contributed by atoms with Gasteiger partial charge in [0, 0.05) is 17.7 Å². The minimum Gasteiger partial charge on any atom is -0.452 e. The molecule has 0 bridgehead atoms. The summed E-state index contributed by atoms with van der Waals surface area (Å²) in [4.78, 5) is 35.7. The van der Waals surface area contributed by atoms with Gasteiger partial charge >= 0.3 is 5.97 Å². The quantitative estimate of drug-likeness (QED) is 0.592. The van der Waals surface area contributed by atoms with E-state index in [1.165, 1.54) is 19.0 Å². The maximum Gasteiger partial charge on any atom is 0.338 e. The predicted octanol–water partition coefficient (Wildman–Crippen LogP) is 0.652. The minimum absolute atomic E-state index is 0.0733. The van der Waals surface area contributed by atoms with Crippen molar-refractivity contribution in [3.05, 3.63) is 33.4 Å². The van der Waals surface area contributed by atoms with E-state index in [1.54, 1.807) is 18.2 Å². The van der Waals surface area contributed by atoms with Gasteiger partial charge in [0.1, 0.15) is 0 Å². The van der Waals surface area contributed by atoms with Gasteiger partial charge in [0.15, 0.2) is 6.61 Å². The topological polar surface area (TPSA) is 75.7 Å². The number of benzene rings is 1. The molecule has 1 aromatic rings. The molecule has 108 valence electrons. The van der Waals surface area contributed by atoms with Crippen LogP contribution >= 0.6 is 22.6 Å². The lowest BCUT2D eigenvalue weighted by molar-refractivity contribution is -0.137. The number of ether oxygens (including phenoxy) is 1. The van der Waals surface area contributed by atoms with Crippen LogP contribution in [-0.2, 0) is 14.3 Å². The largest absolute Gasteiger partial charge is 0.452 e. The molecule has 1 aromatic carbocycles. The molecule has 0 unspecified atom stereocenters. The van der Waals surface area contributed by atoms with Gasteiger partial charge in [-0.05, 0) is 40.8 Å². The van der Waals surface area contributed by atoms with E-state index in [2.05, 4.69) is 27.9 Å². The van der Waals surface area contributed by atoms with E-state index in [0.29, 0.717) is 5.56 Å². The van der Waals surface area contributed by atoms with Gasteiger partial charge in [0.25, 0.3) is 5.91 Å². The van der Waals surface area contributed by atoms with Crippen molar-refractivity contribution in [1.82, 2.24) is 10.2 Å². The SMILES string of the molecule is CNC(=O)CN(C)C(=O)COC(=O)c1cccc(I)c1. The lowest BCUT2D eigenvalue weighted by Gasteiger charge is -2.15. The van der Waals surface area contributed by atoms with Crippen LogP contribution in [0.15, 0.2) is 24.3 Å². The van der Waals surface area contributed by atoms with Crippen molar-refractivity contribution in [2.75, 3.05) is 27.2 Å². The van der Waals surface area contributed by atoms with E-state index >= 15 is 0 Å². The Morgan fingerprint density at radius 1 is 1.35 bits per heavy atom. The maximum absolute atomic E-state index is 11.7. The van der Waals surface area contributed by atoms with E-state index in [-0.39, 0.29) is 12.5 Å². The molecule has 0 fully saturated rings. The second kappa shape index (κ2) is 7.83. The Morgan fingerprint density at radius 3 is 2.65 bits per heavy atom. The molecule has 0 aliphatic carbocycles. The van der Waals surface area contributed by atoms with Crippen LogP contribution in [0, 0.1) is 3.57 Å². The maximum atomic E-state index is 11.7. The van der Waals surface area contributed by atoms with Crippen molar-refractivity contribution in [2.24, 2.45) is 0 Å². The summed E-state index contributed by atoms with van der Waals surface area (Å²) in [5.74, 6) is -1.29. The zero-order valence-electron chi connectivity index (χ0n) is 11.2. The first-order valence-electron chi connectivity index (χ1n) is 5.81. The molecule has 0 aliphatic heterocycles. The third-order valence-electron chi connectivity index (χ3n) is 2.47. The minimum atomic E-state index is -0.565. The number of amides is 2. The highest BCUT2D eigenvalue weighted by Gasteiger charge is 2.15. The summed E-state index contributed by atoms with van der Waals surface area (Å²) in [6.45, 7) is -0.464. The number of halogens is 1. The molecule has 6 nitrogen and oxygen atoms in total. The fraction of sp³-hybridized carbons (Fsp3) is 0.308. The Hall–Kier alpha value is -1.64. The highest BCUT2D eigenvalue weighted by atomic mass is 127. The van der Waals surface area contributed by atoms with Gasteiger partial charge in [-0.3, -0.25) is 9.59 Å². The van der Waals surface area contributed by atoms with E-state index in [1.807, 2.05) is 6.07 Å². The molecule has 1 rings (SSSR count). The summed E-state index contributed by atoms with van der Waals surface area (Å²) >= 11 is 2.08. The fourth-order valence-electron chi connectivity index (χ4n) is 1.32. The molecule has 0 heterocycles. The third kappa shape index (κ3) is 5.16. The lowest BCUT2D eigenvalue weighted by Crippen LogP contribution is -2.39. The van der Waals surface area contributed by atoms with Gasteiger partial charge in [-0.15, -0.1) is 0 Å². The van der Waals surface area contributed by atoms with Crippen LogP contribution < -0.4 is 5.32 Å². The monoisotopic (exact) mass is 390 g/mol. The van der Waals surface area contributed by atoms with E-state index in [9.17, 15) is 14.4 Å². The van der Waals surface area contributed by atoms with E-state index < -0.39 is 18.5 Å². The first-order valence-corrected chi connectivity index (χ1v) is 6.89. The summed E-state index contributed by atoms with van der Waals surface area (Å²) in [6, 6.07) is 6.86. The van der Waals surface area contributed by atoms with Crippen LogP contribution in [0.25, 0.3) is 0 Å². The summed E-state index contributed by atoms with van der Waals surface area (Å²) in [6.07, 6.45) is 0. The molecule has 0 aromatic heterocycles. The Morgan fingerprint density at radius 2 is 2.05 bits per heavy atom. The van der Waals surface area contributed by atoms with Crippen molar-refractivity contribution in [2.45, 2.75) is 0 Å². The lowest BCUT2D eigenvalue weighted by atomic mass is 10.2.